The van der Waals surface area contributed by atoms with Crippen LogP contribution in [0.3, 0.4) is 0 Å². The van der Waals surface area contributed by atoms with E-state index in [1.807, 2.05) is 0 Å². The topological polar surface area (TPSA) is 73.2 Å². The first kappa shape index (κ1) is 25.5. The first-order valence-corrected chi connectivity index (χ1v) is 14.7. The molecule has 0 spiro atoms. The monoisotopic (exact) mass is 476 g/mol. The summed E-state index contributed by atoms with van der Waals surface area (Å²) < 4.78 is 5.93. The Morgan fingerprint density at radius 1 is 1.00 bits per heavy atom. The molecule has 1 unspecified atom stereocenters. The fourth-order valence-electron chi connectivity index (χ4n) is 10.6. The summed E-state index contributed by atoms with van der Waals surface area (Å²) in [5.41, 5.74) is -0.683. The summed E-state index contributed by atoms with van der Waals surface area (Å²) in [4.78, 5) is 0. The molecular formula is C30H52O4. The average Bonchev–Trinajstić information content (AvgIpc) is 3.50. The van der Waals surface area contributed by atoms with Crippen LogP contribution in [-0.2, 0) is 4.74 Å². The van der Waals surface area contributed by atoms with Gasteiger partial charge in [-0.2, -0.15) is 0 Å². The SMILES string of the molecule is CC[C@H](C[C@@H](O)[C@@H](C)[C@H]1CC[C@H]2[C@@H]3[C@@H](C4CO4)[C@]4(O)C[C@@H](O)CC[C@]4(C)[C@H]3CC[C@]12C)C(C)C. The van der Waals surface area contributed by atoms with Crippen molar-refractivity contribution < 1.29 is 20.1 Å². The van der Waals surface area contributed by atoms with E-state index in [1.165, 1.54) is 25.7 Å². The summed E-state index contributed by atoms with van der Waals surface area (Å²) >= 11 is 0. The molecule has 1 aliphatic heterocycles. The number of ether oxygens (including phenoxy) is 1. The van der Waals surface area contributed by atoms with E-state index in [0.29, 0.717) is 47.8 Å². The van der Waals surface area contributed by atoms with Crippen LogP contribution in [-0.4, -0.2) is 45.8 Å². The van der Waals surface area contributed by atoms with Crippen molar-refractivity contribution in [3.05, 3.63) is 0 Å². The Bertz CT molecular complexity index is 750. The Hall–Kier alpha value is -0.160. The van der Waals surface area contributed by atoms with Crippen LogP contribution in [0.2, 0.25) is 0 Å². The smallest absolute Gasteiger partial charge is 0.0868 e. The van der Waals surface area contributed by atoms with Crippen molar-refractivity contribution in [2.24, 2.45) is 58.2 Å². The maximum Gasteiger partial charge on any atom is 0.0868 e. The molecule has 4 saturated carbocycles. The summed E-state index contributed by atoms with van der Waals surface area (Å²) in [5, 5.41) is 34.3. The molecule has 5 fully saturated rings. The molecular weight excluding hydrogens is 424 g/mol. The predicted molar refractivity (Wildman–Crippen MR) is 135 cm³/mol. The molecule has 0 bridgehead atoms. The van der Waals surface area contributed by atoms with Crippen molar-refractivity contribution in [2.45, 2.75) is 123 Å². The summed E-state index contributed by atoms with van der Waals surface area (Å²) in [6.07, 6.45) is 8.73. The largest absolute Gasteiger partial charge is 0.393 e. The van der Waals surface area contributed by atoms with E-state index >= 15 is 0 Å². The Balaban J connectivity index is 1.42. The van der Waals surface area contributed by atoms with Crippen molar-refractivity contribution in [1.82, 2.24) is 0 Å². The average molecular weight is 477 g/mol. The lowest BCUT2D eigenvalue weighted by Gasteiger charge is -2.52. The van der Waals surface area contributed by atoms with Crippen molar-refractivity contribution >= 4 is 0 Å². The third-order valence-electron chi connectivity index (χ3n) is 12.7. The second-order valence-corrected chi connectivity index (χ2v) is 14.2. The lowest BCUT2D eigenvalue weighted by atomic mass is 9.53. The number of epoxide rings is 1. The van der Waals surface area contributed by atoms with Gasteiger partial charge >= 0.3 is 0 Å². The molecule has 0 aromatic carbocycles. The molecule has 0 aromatic heterocycles. The van der Waals surface area contributed by atoms with Crippen LogP contribution in [0.15, 0.2) is 0 Å². The Labute approximate surface area is 208 Å². The molecule has 0 radical (unpaired) electrons. The standard InChI is InChI=1S/C30H52O4/c1-7-19(17(2)3)14-24(32)18(4)21-8-9-22-26-23(11-12-28(21,22)5)29(6)13-10-20(31)15-30(29,33)27(26)25-16-34-25/h17-27,31-33H,7-16H2,1-6H3/t18-,19+,20-,21+,22-,23-,24+,25?,26-,27+,28+,29+,30+/m0/s1. The van der Waals surface area contributed by atoms with Gasteiger partial charge in [-0.1, -0.05) is 48.0 Å². The van der Waals surface area contributed by atoms with Crippen LogP contribution in [0.5, 0.6) is 0 Å². The summed E-state index contributed by atoms with van der Waals surface area (Å²) in [6, 6.07) is 0. The molecule has 4 aliphatic carbocycles. The number of aliphatic hydroxyl groups is 3. The summed E-state index contributed by atoms with van der Waals surface area (Å²) in [6.45, 7) is 14.8. The Morgan fingerprint density at radius 3 is 2.32 bits per heavy atom. The van der Waals surface area contributed by atoms with Gasteiger partial charge in [0.25, 0.3) is 0 Å². The summed E-state index contributed by atoms with van der Waals surface area (Å²) in [7, 11) is 0. The van der Waals surface area contributed by atoms with Crippen molar-refractivity contribution in [3.63, 3.8) is 0 Å². The second kappa shape index (κ2) is 8.71. The van der Waals surface area contributed by atoms with Crippen LogP contribution < -0.4 is 0 Å². The highest BCUT2D eigenvalue weighted by molar-refractivity contribution is 5.23. The molecule has 4 nitrogen and oxygen atoms in total. The minimum absolute atomic E-state index is 0.107. The van der Waals surface area contributed by atoms with Gasteiger partial charge in [0.2, 0.25) is 0 Å². The first-order chi connectivity index (χ1) is 16.0. The number of fused-ring (bicyclic) bond motifs is 5. The van der Waals surface area contributed by atoms with Crippen molar-refractivity contribution in [2.75, 3.05) is 6.61 Å². The lowest BCUT2D eigenvalue weighted by Crippen LogP contribution is -2.55. The quantitative estimate of drug-likeness (QED) is 0.429. The van der Waals surface area contributed by atoms with E-state index in [9.17, 15) is 15.3 Å². The fourth-order valence-corrected chi connectivity index (χ4v) is 10.6. The molecule has 0 aromatic rings. The van der Waals surface area contributed by atoms with Gasteiger partial charge in [-0.05, 0) is 97.2 Å². The van der Waals surface area contributed by atoms with Gasteiger partial charge < -0.3 is 20.1 Å². The Kier molecular flexibility index (Phi) is 6.53. The van der Waals surface area contributed by atoms with E-state index in [0.717, 1.165) is 32.3 Å². The number of aliphatic hydroxyl groups excluding tert-OH is 2. The van der Waals surface area contributed by atoms with Gasteiger partial charge in [-0.3, -0.25) is 0 Å². The second-order valence-electron chi connectivity index (χ2n) is 14.2. The maximum absolute atomic E-state index is 12.3. The van der Waals surface area contributed by atoms with E-state index in [2.05, 4.69) is 41.5 Å². The first-order valence-electron chi connectivity index (χ1n) is 14.7. The highest BCUT2D eigenvalue weighted by Gasteiger charge is 2.74. The third-order valence-corrected chi connectivity index (χ3v) is 12.7. The van der Waals surface area contributed by atoms with E-state index < -0.39 is 5.60 Å². The molecule has 0 amide bonds. The van der Waals surface area contributed by atoms with Crippen LogP contribution in [0, 0.1) is 58.2 Å². The maximum atomic E-state index is 12.3. The zero-order valence-corrected chi connectivity index (χ0v) is 22.7. The van der Waals surface area contributed by atoms with Crippen molar-refractivity contribution in [3.8, 4) is 0 Å². The normalized spacial score (nSPS) is 52.6. The lowest BCUT2D eigenvalue weighted by molar-refractivity contribution is -0.155. The molecule has 1 heterocycles. The predicted octanol–water partition coefficient (Wildman–Crippen LogP) is 5.43. The van der Waals surface area contributed by atoms with Gasteiger partial charge in [0.05, 0.1) is 30.5 Å². The van der Waals surface area contributed by atoms with Gasteiger partial charge in [0.1, 0.15) is 0 Å². The number of hydrogen-bond acceptors (Lipinski definition) is 4. The highest BCUT2D eigenvalue weighted by Crippen LogP contribution is 2.74. The molecule has 13 atom stereocenters. The van der Waals surface area contributed by atoms with E-state index in [1.54, 1.807) is 0 Å². The van der Waals surface area contributed by atoms with Gasteiger partial charge in [0, 0.05) is 12.3 Å². The van der Waals surface area contributed by atoms with E-state index in [4.69, 9.17) is 4.74 Å². The van der Waals surface area contributed by atoms with Crippen molar-refractivity contribution in [1.29, 1.82) is 0 Å². The molecule has 3 N–H and O–H groups in total. The van der Waals surface area contributed by atoms with Gasteiger partial charge in [-0.15, -0.1) is 0 Å². The minimum Gasteiger partial charge on any atom is -0.393 e. The van der Waals surface area contributed by atoms with Crippen LogP contribution >= 0.6 is 0 Å². The summed E-state index contributed by atoms with van der Waals surface area (Å²) in [5.74, 6) is 3.85. The van der Waals surface area contributed by atoms with Crippen LogP contribution in [0.1, 0.15) is 99.3 Å². The molecule has 196 valence electrons. The number of rotatable bonds is 7. The van der Waals surface area contributed by atoms with Crippen LogP contribution in [0.4, 0.5) is 0 Å². The minimum atomic E-state index is -0.804. The Morgan fingerprint density at radius 2 is 1.71 bits per heavy atom. The van der Waals surface area contributed by atoms with Gasteiger partial charge in [-0.25, -0.2) is 0 Å². The molecule has 4 heteroatoms. The fraction of sp³-hybridized carbons (Fsp3) is 1.00. The number of hydrogen-bond donors (Lipinski definition) is 3. The molecule has 5 rings (SSSR count). The highest BCUT2D eigenvalue weighted by atomic mass is 16.6. The third kappa shape index (κ3) is 3.59. The van der Waals surface area contributed by atoms with Crippen LogP contribution in [0.25, 0.3) is 0 Å². The molecule has 1 saturated heterocycles. The van der Waals surface area contributed by atoms with Gasteiger partial charge in [0.15, 0.2) is 0 Å². The molecule has 5 aliphatic rings. The molecule has 34 heavy (non-hydrogen) atoms. The van der Waals surface area contributed by atoms with E-state index in [-0.39, 0.29) is 35.1 Å². The zero-order valence-electron chi connectivity index (χ0n) is 22.7. The zero-order chi connectivity index (χ0) is 24.6.